The Morgan fingerprint density at radius 1 is 1.21 bits per heavy atom. The molecule has 0 saturated carbocycles. The molecule has 3 rings (SSSR count). The third-order valence-corrected chi connectivity index (χ3v) is 5.01. The van der Waals surface area contributed by atoms with Crippen LogP contribution in [0.25, 0.3) is 0 Å². The molecule has 7 heteroatoms. The van der Waals surface area contributed by atoms with E-state index in [-0.39, 0.29) is 30.9 Å². The minimum atomic E-state index is -0.444. The highest BCUT2D eigenvalue weighted by molar-refractivity contribution is 6.01. The third-order valence-electron chi connectivity index (χ3n) is 5.01. The van der Waals surface area contributed by atoms with Gasteiger partial charge in [0.2, 0.25) is 5.91 Å². The predicted molar refractivity (Wildman–Crippen MR) is 104 cm³/mol. The first-order chi connectivity index (χ1) is 13.4. The summed E-state index contributed by atoms with van der Waals surface area (Å²) >= 11 is 0. The summed E-state index contributed by atoms with van der Waals surface area (Å²) in [5, 5.41) is 2.83. The fourth-order valence-electron chi connectivity index (χ4n) is 3.66. The van der Waals surface area contributed by atoms with Gasteiger partial charge in [-0.2, -0.15) is 0 Å². The molecule has 1 aliphatic heterocycles. The molecule has 2 aromatic rings. The van der Waals surface area contributed by atoms with Crippen molar-refractivity contribution in [1.82, 2.24) is 15.2 Å². The number of aromatic nitrogens is 1. The topological polar surface area (TPSA) is 91.5 Å². The Morgan fingerprint density at radius 2 is 1.93 bits per heavy atom. The summed E-state index contributed by atoms with van der Waals surface area (Å²) < 4.78 is 5.11. The highest BCUT2D eigenvalue weighted by Gasteiger charge is 2.33. The molecule has 1 aromatic heterocycles. The van der Waals surface area contributed by atoms with Gasteiger partial charge >= 0.3 is 5.97 Å². The Hall–Kier alpha value is -3.09. The molecule has 0 unspecified atom stereocenters. The monoisotopic (exact) mass is 383 g/mol. The number of rotatable bonds is 4. The van der Waals surface area contributed by atoms with E-state index in [9.17, 15) is 14.4 Å². The van der Waals surface area contributed by atoms with E-state index in [1.165, 1.54) is 0 Å². The van der Waals surface area contributed by atoms with Crippen LogP contribution in [0.1, 0.15) is 57.1 Å². The Bertz CT molecular complexity index is 889. The fraction of sp³-hybridized carbons (Fsp3) is 0.381. The molecule has 1 fully saturated rings. The zero-order chi connectivity index (χ0) is 20.3. The number of carbonyl (C=O) groups is 3. The van der Waals surface area contributed by atoms with Gasteiger partial charge in [-0.25, -0.2) is 4.79 Å². The zero-order valence-electron chi connectivity index (χ0n) is 16.4. The first kappa shape index (κ1) is 19.7. The van der Waals surface area contributed by atoms with Gasteiger partial charge in [0.15, 0.2) is 0 Å². The number of hydrogen-bond donors (Lipinski definition) is 2. The van der Waals surface area contributed by atoms with Crippen LogP contribution >= 0.6 is 0 Å². The molecule has 28 heavy (non-hydrogen) atoms. The largest absolute Gasteiger partial charge is 0.462 e. The van der Waals surface area contributed by atoms with E-state index in [4.69, 9.17) is 4.74 Å². The van der Waals surface area contributed by atoms with Crippen LogP contribution in [0.2, 0.25) is 0 Å². The second kappa shape index (κ2) is 8.29. The molecule has 2 heterocycles. The van der Waals surface area contributed by atoms with E-state index in [0.717, 1.165) is 5.56 Å². The van der Waals surface area contributed by atoms with E-state index >= 15 is 0 Å². The summed E-state index contributed by atoms with van der Waals surface area (Å²) in [6.07, 6.45) is 0.194. The molecule has 2 amide bonds. The van der Waals surface area contributed by atoms with Crippen molar-refractivity contribution in [2.75, 3.05) is 19.7 Å². The number of nitrogens with one attached hydrogen (secondary N) is 2. The van der Waals surface area contributed by atoms with Crippen molar-refractivity contribution in [3.05, 3.63) is 58.4 Å². The van der Waals surface area contributed by atoms with E-state index in [1.54, 1.807) is 25.7 Å². The lowest BCUT2D eigenvalue weighted by molar-refractivity contribution is -0.121. The molecule has 148 valence electrons. The van der Waals surface area contributed by atoms with Crippen LogP contribution in [0.4, 0.5) is 0 Å². The quantitative estimate of drug-likeness (QED) is 0.794. The van der Waals surface area contributed by atoms with Gasteiger partial charge in [0.25, 0.3) is 5.91 Å². The van der Waals surface area contributed by atoms with E-state index in [2.05, 4.69) is 10.3 Å². The van der Waals surface area contributed by atoms with E-state index < -0.39 is 5.97 Å². The van der Waals surface area contributed by atoms with Gasteiger partial charge < -0.3 is 19.9 Å². The lowest BCUT2D eigenvalue weighted by Crippen LogP contribution is -2.37. The SMILES string of the molecule is CCOC(=O)c1c(C)[nH]c(C(=O)N2CCNC(=O)C[C@H]2c2ccccc2)c1C. The smallest absolute Gasteiger partial charge is 0.340 e. The Kier molecular flexibility index (Phi) is 5.82. The molecule has 1 aliphatic rings. The Balaban J connectivity index is 1.98. The van der Waals surface area contributed by atoms with Crippen molar-refractivity contribution in [3.8, 4) is 0 Å². The number of carbonyl (C=O) groups excluding carboxylic acids is 3. The van der Waals surface area contributed by atoms with Crippen molar-refractivity contribution in [1.29, 1.82) is 0 Å². The molecule has 7 nitrogen and oxygen atoms in total. The van der Waals surface area contributed by atoms with Gasteiger partial charge in [-0.1, -0.05) is 30.3 Å². The molecule has 1 aromatic carbocycles. The molecular formula is C21H25N3O4. The van der Waals surface area contributed by atoms with Gasteiger partial charge in [-0.05, 0) is 31.9 Å². The van der Waals surface area contributed by atoms with Crippen molar-refractivity contribution < 1.29 is 19.1 Å². The van der Waals surface area contributed by atoms with Crippen molar-refractivity contribution in [2.24, 2.45) is 0 Å². The molecule has 0 radical (unpaired) electrons. The Morgan fingerprint density at radius 3 is 2.61 bits per heavy atom. The van der Waals surface area contributed by atoms with Crippen LogP contribution in [0.15, 0.2) is 30.3 Å². The molecule has 0 bridgehead atoms. The number of aryl methyl sites for hydroxylation is 1. The average Bonchev–Trinajstić information content (AvgIpc) is 2.85. The van der Waals surface area contributed by atoms with Crippen LogP contribution in [0.3, 0.4) is 0 Å². The van der Waals surface area contributed by atoms with Gasteiger partial charge in [0, 0.05) is 18.8 Å². The van der Waals surface area contributed by atoms with Crippen LogP contribution in [0.5, 0.6) is 0 Å². The van der Waals surface area contributed by atoms with Crippen LogP contribution in [-0.2, 0) is 9.53 Å². The molecule has 0 spiro atoms. The normalized spacial score (nSPS) is 17.0. The number of amides is 2. The third kappa shape index (κ3) is 3.78. The van der Waals surface area contributed by atoms with E-state index in [0.29, 0.717) is 35.6 Å². The minimum Gasteiger partial charge on any atom is -0.462 e. The van der Waals surface area contributed by atoms with Crippen LogP contribution < -0.4 is 5.32 Å². The minimum absolute atomic E-state index is 0.0873. The summed E-state index contributed by atoms with van der Waals surface area (Å²) in [5.41, 5.74) is 2.82. The van der Waals surface area contributed by atoms with E-state index in [1.807, 2.05) is 30.3 Å². The van der Waals surface area contributed by atoms with Crippen molar-refractivity contribution in [2.45, 2.75) is 33.2 Å². The molecule has 1 saturated heterocycles. The summed E-state index contributed by atoms with van der Waals surface area (Å²) in [5.74, 6) is -0.766. The maximum atomic E-state index is 13.4. The maximum absolute atomic E-state index is 13.4. The average molecular weight is 383 g/mol. The molecule has 1 atom stereocenters. The second-order valence-corrected chi connectivity index (χ2v) is 6.82. The second-order valence-electron chi connectivity index (χ2n) is 6.82. The first-order valence-electron chi connectivity index (χ1n) is 9.43. The highest BCUT2D eigenvalue weighted by atomic mass is 16.5. The summed E-state index contributed by atoms with van der Waals surface area (Å²) in [7, 11) is 0. The van der Waals surface area contributed by atoms with Crippen molar-refractivity contribution in [3.63, 3.8) is 0 Å². The highest BCUT2D eigenvalue weighted by Crippen LogP contribution is 2.29. The van der Waals surface area contributed by atoms with Gasteiger partial charge in [0.1, 0.15) is 5.69 Å². The summed E-state index contributed by atoms with van der Waals surface area (Å²) in [6, 6.07) is 9.15. The van der Waals surface area contributed by atoms with Gasteiger partial charge in [-0.3, -0.25) is 9.59 Å². The lowest BCUT2D eigenvalue weighted by Gasteiger charge is -2.29. The zero-order valence-corrected chi connectivity index (χ0v) is 16.4. The standard InChI is InChI=1S/C21H25N3O4/c1-4-28-21(27)18-13(2)19(23-14(18)3)20(26)24-11-10-22-17(25)12-16(24)15-8-6-5-7-9-15/h5-9,16,23H,4,10-12H2,1-3H3,(H,22,25)/t16-/m0/s1. The molecule has 2 N–H and O–H groups in total. The maximum Gasteiger partial charge on any atom is 0.340 e. The number of esters is 1. The van der Waals surface area contributed by atoms with Gasteiger partial charge in [0.05, 0.1) is 24.6 Å². The lowest BCUT2D eigenvalue weighted by atomic mass is 10.0. The fourth-order valence-corrected chi connectivity index (χ4v) is 3.66. The van der Waals surface area contributed by atoms with Gasteiger partial charge in [-0.15, -0.1) is 0 Å². The first-order valence-corrected chi connectivity index (χ1v) is 9.43. The molecular weight excluding hydrogens is 358 g/mol. The predicted octanol–water partition coefficient (Wildman–Crippen LogP) is 2.51. The number of nitrogens with zero attached hydrogens (tertiary/aromatic N) is 1. The summed E-state index contributed by atoms with van der Waals surface area (Å²) in [4.78, 5) is 42.6. The number of H-pyrrole nitrogens is 1. The Labute approximate surface area is 164 Å². The summed E-state index contributed by atoms with van der Waals surface area (Å²) in [6.45, 7) is 6.27. The number of aromatic amines is 1. The number of ether oxygens (including phenoxy) is 1. The van der Waals surface area contributed by atoms with Crippen LogP contribution in [-0.4, -0.2) is 47.4 Å². The van der Waals surface area contributed by atoms with Crippen molar-refractivity contribution >= 4 is 17.8 Å². The number of benzene rings is 1. The molecule has 0 aliphatic carbocycles. The van der Waals surface area contributed by atoms with Crippen LogP contribution in [0, 0.1) is 13.8 Å². The number of hydrogen-bond acceptors (Lipinski definition) is 4.